The van der Waals surface area contributed by atoms with Crippen LogP contribution in [0.4, 0.5) is 23.2 Å². The highest BCUT2D eigenvalue weighted by Gasteiger charge is 2.38. The maximum Gasteiger partial charge on any atom is 0.471 e. The Morgan fingerprint density at radius 2 is 1.80 bits per heavy atom. The minimum Gasteiger partial charge on any atom is -0.329 e. The van der Waals surface area contributed by atoms with Crippen LogP contribution in [0, 0.1) is 12.7 Å². The summed E-state index contributed by atoms with van der Waals surface area (Å²) in [4.78, 5) is 7.70. The molecular formula is C18H13F4N5O2S. The third-order valence-corrected chi connectivity index (χ3v) is 5.90. The van der Waals surface area contributed by atoms with Gasteiger partial charge in [0.2, 0.25) is 5.82 Å². The molecule has 12 heteroatoms. The van der Waals surface area contributed by atoms with Crippen LogP contribution in [0.5, 0.6) is 0 Å². The molecule has 0 radical (unpaired) electrons. The van der Waals surface area contributed by atoms with Crippen LogP contribution in [0.2, 0.25) is 0 Å². The quantitative estimate of drug-likeness (QED) is 0.434. The van der Waals surface area contributed by atoms with E-state index in [4.69, 9.17) is 0 Å². The smallest absolute Gasteiger partial charge is 0.329 e. The largest absolute Gasteiger partial charge is 0.471 e. The normalized spacial score (nSPS) is 14.1. The average molecular weight is 439 g/mol. The number of rotatable bonds is 3. The van der Waals surface area contributed by atoms with Gasteiger partial charge in [-0.05, 0) is 43.3 Å². The number of halogens is 4. The molecule has 1 atom stereocenters. The lowest BCUT2D eigenvalue weighted by atomic mass is 10.3. The van der Waals surface area contributed by atoms with E-state index in [1.165, 1.54) is 53.3 Å². The van der Waals surface area contributed by atoms with Crippen LogP contribution in [-0.4, -0.2) is 30.0 Å². The number of benzene rings is 1. The molecule has 0 fully saturated rings. The summed E-state index contributed by atoms with van der Waals surface area (Å²) in [5, 5.41) is 3.62. The molecule has 0 aliphatic heterocycles. The van der Waals surface area contributed by atoms with Crippen LogP contribution in [0.15, 0.2) is 56.5 Å². The molecule has 3 heterocycles. The van der Waals surface area contributed by atoms with E-state index < -0.39 is 27.6 Å². The second-order valence-corrected chi connectivity index (χ2v) is 8.61. The number of alkyl halides is 3. The SMILES string of the molecule is Cc1nc2ccc(-c3noc(C(F)(F)F)n3)cn2c1S(C)(=O)=Nc1ccc(F)cc1. The van der Waals surface area contributed by atoms with Crippen LogP contribution in [0.25, 0.3) is 17.0 Å². The van der Waals surface area contributed by atoms with E-state index in [-0.39, 0.29) is 16.4 Å². The second-order valence-electron chi connectivity index (χ2n) is 6.44. The number of nitrogens with zero attached hydrogens (tertiary/aromatic N) is 5. The molecule has 0 aliphatic carbocycles. The predicted molar refractivity (Wildman–Crippen MR) is 99.0 cm³/mol. The van der Waals surface area contributed by atoms with E-state index in [2.05, 4.69) is 24.0 Å². The van der Waals surface area contributed by atoms with Gasteiger partial charge in [0.25, 0.3) is 0 Å². The minimum absolute atomic E-state index is 0.206. The van der Waals surface area contributed by atoms with Crippen molar-refractivity contribution in [3.63, 3.8) is 0 Å². The van der Waals surface area contributed by atoms with Crippen LogP contribution in [-0.2, 0) is 15.9 Å². The molecule has 1 aromatic carbocycles. The standard InChI is InChI=1S/C18H13F4N5O2S/c1-10-16(30(2,28)26-13-6-4-12(19)5-7-13)27-9-11(3-8-14(27)23-10)15-24-17(29-25-15)18(20,21)22/h3-9H,1-2H3. The summed E-state index contributed by atoms with van der Waals surface area (Å²) in [6.07, 6.45) is -1.95. The van der Waals surface area contributed by atoms with E-state index in [0.717, 1.165) is 0 Å². The molecule has 3 aromatic heterocycles. The summed E-state index contributed by atoms with van der Waals surface area (Å²) < 4.78 is 74.7. The average Bonchev–Trinajstić information content (AvgIpc) is 3.27. The zero-order valence-electron chi connectivity index (χ0n) is 15.5. The van der Waals surface area contributed by atoms with Crippen molar-refractivity contribution < 1.29 is 26.3 Å². The van der Waals surface area contributed by atoms with Gasteiger partial charge < -0.3 is 4.52 Å². The van der Waals surface area contributed by atoms with Gasteiger partial charge in [0, 0.05) is 18.0 Å². The fourth-order valence-electron chi connectivity index (χ4n) is 2.93. The number of imidazole rings is 1. The summed E-state index contributed by atoms with van der Waals surface area (Å²) in [7, 11) is -3.05. The Morgan fingerprint density at radius 1 is 1.10 bits per heavy atom. The molecule has 4 rings (SSSR count). The number of hydrogen-bond donors (Lipinski definition) is 0. The third-order valence-electron chi connectivity index (χ3n) is 4.13. The lowest BCUT2D eigenvalue weighted by Gasteiger charge is -2.07. The first-order valence-corrected chi connectivity index (χ1v) is 10.3. The second kappa shape index (κ2) is 6.90. The first kappa shape index (κ1) is 20.0. The highest BCUT2D eigenvalue weighted by molar-refractivity contribution is 7.93. The van der Waals surface area contributed by atoms with Crippen LogP contribution in [0.1, 0.15) is 11.6 Å². The predicted octanol–water partition coefficient (Wildman–Crippen LogP) is 4.64. The third kappa shape index (κ3) is 3.65. The van der Waals surface area contributed by atoms with Crippen molar-refractivity contribution in [3.8, 4) is 11.4 Å². The van der Waals surface area contributed by atoms with Gasteiger partial charge in [-0.25, -0.2) is 13.6 Å². The maximum absolute atomic E-state index is 13.4. The summed E-state index contributed by atoms with van der Waals surface area (Å²) in [6.45, 7) is 1.64. The molecule has 0 saturated carbocycles. The maximum atomic E-state index is 13.4. The Bertz CT molecular complexity index is 1370. The number of aromatic nitrogens is 4. The van der Waals surface area contributed by atoms with Crippen LogP contribution in [0.3, 0.4) is 0 Å². The number of hydrogen-bond acceptors (Lipinski definition) is 6. The Balaban J connectivity index is 1.86. The molecular weight excluding hydrogens is 426 g/mol. The van der Waals surface area contributed by atoms with E-state index in [9.17, 15) is 21.8 Å². The van der Waals surface area contributed by atoms with Crippen molar-refractivity contribution in [1.29, 1.82) is 0 Å². The van der Waals surface area contributed by atoms with Crippen molar-refractivity contribution in [2.45, 2.75) is 18.1 Å². The van der Waals surface area contributed by atoms with Crippen LogP contribution < -0.4 is 0 Å². The number of aryl methyl sites for hydroxylation is 1. The molecule has 156 valence electrons. The van der Waals surface area contributed by atoms with Gasteiger partial charge in [-0.3, -0.25) is 4.40 Å². The van der Waals surface area contributed by atoms with Gasteiger partial charge in [-0.15, -0.1) is 0 Å². The van der Waals surface area contributed by atoms with Gasteiger partial charge in [0.1, 0.15) is 16.5 Å². The number of pyridine rings is 1. The summed E-state index contributed by atoms with van der Waals surface area (Å²) in [6, 6.07) is 8.18. The van der Waals surface area contributed by atoms with Gasteiger partial charge in [-0.2, -0.15) is 22.5 Å². The Kier molecular flexibility index (Phi) is 4.60. The van der Waals surface area contributed by atoms with Crippen LogP contribution >= 0.6 is 0 Å². The molecule has 1 unspecified atom stereocenters. The van der Waals surface area contributed by atoms with E-state index in [1.54, 1.807) is 6.92 Å². The lowest BCUT2D eigenvalue weighted by Crippen LogP contribution is -2.05. The molecule has 0 aliphatic rings. The van der Waals surface area contributed by atoms with Gasteiger partial charge >= 0.3 is 12.1 Å². The van der Waals surface area contributed by atoms with Crippen molar-refractivity contribution in [1.82, 2.24) is 19.5 Å². The molecule has 0 amide bonds. The topological polar surface area (TPSA) is 85.6 Å². The minimum atomic E-state index is -4.77. The fraction of sp³-hybridized carbons (Fsp3) is 0.167. The van der Waals surface area contributed by atoms with Gasteiger partial charge in [-0.1, -0.05) is 5.16 Å². The monoisotopic (exact) mass is 439 g/mol. The molecule has 0 bridgehead atoms. The highest BCUT2D eigenvalue weighted by atomic mass is 32.2. The Morgan fingerprint density at radius 3 is 2.43 bits per heavy atom. The van der Waals surface area contributed by atoms with Gasteiger partial charge in [0.15, 0.2) is 0 Å². The fourth-order valence-corrected chi connectivity index (χ4v) is 4.65. The lowest BCUT2D eigenvalue weighted by molar-refractivity contribution is -0.159. The highest BCUT2D eigenvalue weighted by Crippen LogP contribution is 2.30. The molecule has 0 spiro atoms. The van der Waals surface area contributed by atoms with Crippen molar-refractivity contribution in [2.75, 3.05) is 6.26 Å². The summed E-state index contributed by atoms with van der Waals surface area (Å²) in [5.74, 6) is -2.20. The molecule has 30 heavy (non-hydrogen) atoms. The molecule has 7 nitrogen and oxygen atoms in total. The summed E-state index contributed by atoms with van der Waals surface area (Å²) >= 11 is 0. The molecule has 4 aromatic rings. The summed E-state index contributed by atoms with van der Waals surface area (Å²) in [5.41, 5.74) is 1.35. The van der Waals surface area contributed by atoms with E-state index in [1.807, 2.05) is 0 Å². The first-order valence-electron chi connectivity index (χ1n) is 8.42. The van der Waals surface area contributed by atoms with E-state index in [0.29, 0.717) is 17.0 Å². The Hall–Kier alpha value is -3.28. The Labute approximate surface area is 167 Å². The van der Waals surface area contributed by atoms with E-state index >= 15 is 0 Å². The zero-order valence-corrected chi connectivity index (χ0v) is 16.3. The number of fused-ring (bicyclic) bond motifs is 1. The molecule has 0 saturated heterocycles. The van der Waals surface area contributed by atoms with Gasteiger partial charge in [0.05, 0.1) is 21.1 Å². The molecule has 0 N–H and O–H groups in total. The van der Waals surface area contributed by atoms with Crippen molar-refractivity contribution in [3.05, 3.63) is 60.0 Å². The van der Waals surface area contributed by atoms with Crippen molar-refractivity contribution >= 4 is 21.1 Å². The first-order chi connectivity index (χ1) is 14.0. The van der Waals surface area contributed by atoms with Crippen molar-refractivity contribution in [2.24, 2.45) is 4.36 Å². The zero-order chi connectivity index (χ0) is 21.7.